The molecule has 2 aromatic rings. The number of nitrogens with zero attached hydrogens (tertiary/aromatic N) is 2. The van der Waals surface area contributed by atoms with Crippen LogP contribution in [-0.4, -0.2) is 54.3 Å². The van der Waals surface area contributed by atoms with E-state index in [1.807, 2.05) is 30.3 Å². The Morgan fingerprint density at radius 2 is 1.50 bits per heavy atom. The predicted octanol–water partition coefficient (Wildman–Crippen LogP) is 2.32. The minimum atomic E-state index is -3.41. The Kier molecular flexibility index (Phi) is 5.03. The Bertz CT molecular complexity index is 969. The van der Waals surface area contributed by atoms with Crippen LogP contribution in [-0.2, 0) is 16.4 Å². The molecule has 2 aliphatic rings. The van der Waals surface area contributed by atoms with Crippen molar-refractivity contribution in [3.05, 3.63) is 71.3 Å². The molecule has 1 atom stereocenters. The first-order valence-corrected chi connectivity index (χ1v) is 11.1. The summed E-state index contributed by atoms with van der Waals surface area (Å²) in [7, 11) is -3.41. The van der Waals surface area contributed by atoms with Gasteiger partial charge in [-0.05, 0) is 37.0 Å². The van der Waals surface area contributed by atoms with Crippen LogP contribution in [0, 0.1) is 0 Å². The number of hydrogen-bond donors (Lipinski definition) is 0. The third kappa shape index (κ3) is 3.47. The largest absolute Gasteiger partial charge is 0.270 e. The van der Waals surface area contributed by atoms with Gasteiger partial charge in [0.25, 0.3) is 11.8 Å². The van der Waals surface area contributed by atoms with Crippen LogP contribution in [0.4, 0.5) is 0 Å². The molecular weight excluding hydrogens is 376 g/mol. The second-order valence-electron chi connectivity index (χ2n) is 7.23. The first-order valence-electron chi connectivity index (χ1n) is 9.46. The molecule has 2 aromatic carbocycles. The van der Waals surface area contributed by atoms with Crippen LogP contribution in [0.25, 0.3) is 0 Å². The van der Waals surface area contributed by atoms with Gasteiger partial charge in [0, 0.05) is 13.1 Å². The van der Waals surface area contributed by atoms with Gasteiger partial charge in [0.15, 0.2) is 0 Å². The van der Waals surface area contributed by atoms with Crippen molar-refractivity contribution in [2.45, 2.75) is 25.3 Å². The fraction of sp³-hybridized carbons (Fsp3) is 0.333. The highest BCUT2D eigenvalue weighted by Gasteiger charge is 2.43. The lowest BCUT2D eigenvalue weighted by molar-refractivity contribution is 0.0593. The molecule has 2 amide bonds. The van der Waals surface area contributed by atoms with Crippen molar-refractivity contribution in [3.63, 3.8) is 0 Å². The lowest BCUT2D eigenvalue weighted by Gasteiger charge is -2.22. The van der Waals surface area contributed by atoms with Crippen molar-refractivity contribution in [1.82, 2.24) is 9.21 Å². The standard InChI is InChI=1S/C21H22N2O4S/c24-20-18-10-4-5-11-19(18)21(25)23(20)17-12-13-22(15-17)28(26,27)14-6-9-16-7-2-1-3-8-16/h1-5,7-8,10-11,17H,6,9,12-15H2. The summed E-state index contributed by atoms with van der Waals surface area (Å²) in [5.74, 6) is -0.584. The van der Waals surface area contributed by atoms with Crippen molar-refractivity contribution in [2.24, 2.45) is 0 Å². The molecule has 0 bridgehead atoms. The van der Waals surface area contributed by atoms with E-state index in [2.05, 4.69) is 0 Å². The summed E-state index contributed by atoms with van der Waals surface area (Å²) in [6.45, 7) is 0.519. The molecule has 2 heterocycles. The molecule has 0 aliphatic carbocycles. The smallest absolute Gasteiger partial charge is 0.261 e. The maximum atomic E-state index is 12.7. The highest BCUT2D eigenvalue weighted by atomic mass is 32.2. The molecule has 4 rings (SSSR count). The molecule has 0 radical (unpaired) electrons. The minimum Gasteiger partial charge on any atom is -0.270 e. The quantitative estimate of drug-likeness (QED) is 0.700. The van der Waals surface area contributed by atoms with Gasteiger partial charge in [0.05, 0.1) is 22.9 Å². The van der Waals surface area contributed by atoms with E-state index < -0.39 is 16.1 Å². The number of benzene rings is 2. The van der Waals surface area contributed by atoms with E-state index in [0.29, 0.717) is 36.9 Å². The van der Waals surface area contributed by atoms with Gasteiger partial charge in [-0.15, -0.1) is 0 Å². The summed E-state index contributed by atoms with van der Waals surface area (Å²) < 4.78 is 26.8. The molecule has 0 spiro atoms. The molecule has 0 saturated carbocycles. The number of carbonyl (C=O) groups is 2. The highest BCUT2D eigenvalue weighted by molar-refractivity contribution is 7.89. The van der Waals surface area contributed by atoms with E-state index in [-0.39, 0.29) is 24.1 Å². The van der Waals surface area contributed by atoms with E-state index in [0.717, 1.165) is 5.56 Å². The molecular formula is C21H22N2O4S. The molecule has 7 heteroatoms. The zero-order valence-corrected chi connectivity index (χ0v) is 16.3. The van der Waals surface area contributed by atoms with Crippen LogP contribution in [0.15, 0.2) is 54.6 Å². The van der Waals surface area contributed by atoms with Gasteiger partial charge in [0.1, 0.15) is 0 Å². The van der Waals surface area contributed by atoms with Crippen LogP contribution in [0.3, 0.4) is 0 Å². The van der Waals surface area contributed by atoms with Crippen LogP contribution in [0.5, 0.6) is 0 Å². The number of rotatable bonds is 6. The third-order valence-electron chi connectivity index (χ3n) is 5.42. The van der Waals surface area contributed by atoms with Crippen molar-refractivity contribution in [3.8, 4) is 0 Å². The Morgan fingerprint density at radius 3 is 2.14 bits per heavy atom. The number of fused-ring (bicyclic) bond motifs is 1. The fourth-order valence-corrected chi connectivity index (χ4v) is 5.50. The lowest BCUT2D eigenvalue weighted by atomic mass is 10.1. The average Bonchev–Trinajstić information content (AvgIpc) is 3.27. The average molecular weight is 398 g/mol. The van der Waals surface area contributed by atoms with Crippen LogP contribution in [0.1, 0.15) is 39.1 Å². The van der Waals surface area contributed by atoms with Crippen molar-refractivity contribution in [2.75, 3.05) is 18.8 Å². The number of hydrogen-bond acceptors (Lipinski definition) is 4. The first-order chi connectivity index (χ1) is 13.5. The van der Waals surface area contributed by atoms with Crippen LogP contribution >= 0.6 is 0 Å². The third-order valence-corrected chi connectivity index (χ3v) is 7.34. The number of sulfonamides is 1. The Hall–Kier alpha value is -2.51. The normalized spacial score (nSPS) is 20.0. The van der Waals surface area contributed by atoms with Crippen molar-refractivity contribution >= 4 is 21.8 Å². The summed E-state index contributed by atoms with van der Waals surface area (Å²) in [4.78, 5) is 26.5. The van der Waals surface area contributed by atoms with E-state index in [9.17, 15) is 18.0 Å². The second kappa shape index (κ2) is 7.48. The van der Waals surface area contributed by atoms with Gasteiger partial charge in [-0.1, -0.05) is 42.5 Å². The Balaban J connectivity index is 1.38. The summed E-state index contributed by atoms with van der Waals surface area (Å²) in [6.07, 6.45) is 1.72. The van der Waals surface area contributed by atoms with Gasteiger partial charge in [-0.3, -0.25) is 14.5 Å². The van der Waals surface area contributed by atoms with Crippen LogP contribution in [0.2, 0.25) is 0 Å². The zero-order chi connectivity index (χ0) is 19.7. The van der Waals surface area contributed by atoms with Gasteiger partial charge in [-0.2, -0.15) is 4.31 Å². The monoisotopic (exact) mass is 398 g/mol. The summed E-state index contributed by atoms with van der Waals surface area (Å²) >= 11 is 0. The summed E-state index contributed by atoms with van der Waals surface area (Å²) in [5.41, 5.74) is 1.91. The molecule has 1 fully saturated rings. The zero-order valence-electron chi connectivity index (χ0n) is 15.5. The fourth-order valence-electron chi connectivity index (χ4n) is 3.95. The number of carbonyl (C=O) groups excluding carboxylic acids is 2. The molecule has 1 saturated heterocycles. The molecule has 1 unspecified atom stereocenters. The van der Waals surface area contributed by atoms with E-state index >= 15 is 0 Å². The van der Waals surface area contributed by atoms with E-state index in [4.69, 9.17) is 0 Å². The van der Waals surface area contributed by atoms with Gasteiger partial charge in [0.2, 0.25) is 10.0 Å². The number of amides is 2. The van der Waals surface area contributed by atoms with Crippen molar-refractivity contribution in [1.29, 1.82) is 0 Å². The van der Waals surface area contributed by atoms with Gasteiger partial charge >= 0.3 is 0 Å². The number of aryl methyl sites for hydroxylation is 1. The van der Waals surface area contributed by atoms with Crippen LogP contribution < -0.4 is 0 Å². The maximum Gasteiger partial charge on any atom is 0.261 e. The molecule has 0 aromatic heterocycles. The lowest BCUT2D eigenvalue weighted by Crippen LogP contribution is -2.42. The van der Waals surface area contributed by atoms with Gasteiger partial charge in [-0.25, -0.2) is 8.42 Å². The highest BCUT2D eigenvalue weighted by Crippen LogP contribution is 2.29. The SMILES string of the molecule is O=C1c2ccccc2C(=O)N1C1CCN(S(=O)(=O)CCCc2ccccc2)C1. The Morgan fingerprint density at radius 1 is 0.893 bits per heavy atom. The second-order valence-corrected chi connectivity index (χ2v) is 9.32. The van der Waals surface area contributed by atoms with E-state index in [1.165, 1.54) is 9.21 Å². The first kappa shape index (κ1) is 18.8. The minimum absolute atomic E-state index is 0.0662. The molecule has 0 N–H and O–H groups in total. The maximum absolute atomic E-state index is 12.7. The topological polar surface area (TPSA) is 74.8 Å². The van der Waals surface area contributed by atoms with Gasteiger partial charge < -0.3 is 0 Å². The summed E-state index contributed by atoms with van der Waals surface area (Å²) in [5, 5.41) is 0. The number of imide groups is 1. The van der Waals surface area contributed by atoms with E-state index in [1.54, 1.807) is 24.3 Å². The molecule has 28 heavy (non-hydrogen) atoms. The predicted molar refractivity (Wildman–Crippen MR) is 105 cm³/mol. The molecule has 146 valence electrons. The molecule has 2 aliphatic heterocycles. The Labute approximate surface area is 164 Å². The summed E-state index contributed by atoms with van der Waals surface area (Å²) in [6, 6.07) is 16.1. The molecule has 6 nitrogen and oxygen atoms in total. The van der Waals surface area contributed by atoms with Crippen molar-refractivity contribution < 1.29 is 18.0 Å².